The number of carboxylic acids is 1. The van der Waals surface area contributed by atoms with E-state index in [4.69, 9.17) is 0 Å². The van der Waals surface area contributed by atoms with Crippen LogP contribution in [-0.2, 0) is 20.8 Å². The van der Waals surface area contributed by atoms with E-state index in [-0.39, 0.29) is 17.9 Å². The molecule has 29 heavy (non-hydrogen) atoms. The number of aliphatic carboxylic acids is 1. The number of hydrogen-bond acceptors (Lipinski definition) is 6. The van der Waals surface area contributed by atoms with Crippen molar-refractivity contribution in [2.45, 2.75) is 23.9 Å². The van der Waals surface area contributed by atoms with Crippen LogP contribution >= 0.6 is 23.1 Å². The Balaban J connectivity index is 1.52. The van der Waals surface area contributed by atoms with Gasteiger partial charge in [-0.3, -0.25) is 14.4 Å². The smallest absolute Gasteiger partial charge is 0.331 e. The number of β-lactam (4-membered cyclic amide) rings is 1. The summed E-state index contributed by atoms with van der Waals surface area (Å²) in [5.74, 6) is -2.50. The van der Waals surface area contributed by atoms with Crippen LogP contribution in [0.2, 0.25) is 0 Å². The highest BCUT2D eigenvalue weighted by atomic mass is 32.2. The molecule has 2 aromatic rings. The van der Waals surface area contributed by atoms with E-state index in [0.29, 0.717) is 5.56 Å². The fourth-order valence-electron chi connectivity index (χ4n) is 3.38. The van der Waals surface area contributed by atoms with Crippen LogP contribution < -0.4 is 5.32 Å². The Hall–Kier alpha value is -2.91. The molecule has 0 radical (unpaired) electrons. The second kappa shape index (κ2) is 7.84. The number of carbonyl (C=O) groups is 4. The number of thiophene rings is 1. The molecule has 2 unspecified atom stereocenters. The van der Waals surface area contributed by atoms with E-state index in [2.05, 4.69) is 5.32 Å². The molecule has 1 fully saturated rings. The zero-order valence-corrected chi connectivity index (χ0v) is 16.6. The van der Waals surface area contributed by atoms with Crippen molar-refractivity contribution in [1.29, 1.82) is 0 Å². The first-order chi connectivity index (χ1) is 14.0. The molecule has 7 nitrogen and oxygen atoms in total. The number of ketones is 1. The van der Waals surface area contributed by atoms with Crippen molar-refractivity contribution in [3.63, 3.8) is 0 Å². The summed E-state index contributed by atoms with van der Waals surface area (Å²) in [4.78, 5) is 51.6. The van der Waals surface area contributed by atoms with Crippen molar-refractivity contribution >= 4 is 46.7 Å². The van der Waals surface area contributed by atoms with Gasteiger partial charge < -0.3 is 15.3 Å². The third kappa shape index (κ3) is 3.58. The lowest BCUT2D eigenvalue weighted by atomic mass is 9.93. The number of nitrogens with zero attached hydrogens (tertiary/aromatic N) is 1. The van der Waals surface area contributed by atoms with Gasteiger partial charge in [0.15, 0.2) is 11.8 Å². The Kier molecular flexibility index (Phi) is 5.25. The highest BCUT2D eigenvalue weighted by molar-refractivity contribution is 8.03. The molecule has 3 heterocycles. The van der Waals surface area contributed by atoms with Gasteiger partial charge in [-0.2, -0.15) is 0 Å². The normalized spacial score (nSPS) is 22.9. The van der Waals surface area contributed by atoms with Crippen LogP contribution in [-0.4, -0.2) is 51.0 Å². The lowest BCUT2D eigenvalue weighted by Gasteiger charge is -2.51. The van der Waals surface area contributed by atoms with Gasteiger partial charge >= 0.3 is 5.97 Å². The van der Waals surface area contributed by atoms with Crippen LogP contribution in [0.15, 0.2) is 58.8 Å². The number of fused-ring (bicyclic) bond motifs is 1. The van der Waals surface area contributed by atoms with E-state index in [0.717, 1.165) is 4.88 Å². The van der Waals surface area contributed by atoms with Gasteiger partial charge in [0.25, 0.3) is 0 Å². The summed E-state index contributed by atoms with van der Waals surface area (Å²) >= 11 is 2.62. The topological polar surface area (TPSA) is 104 Å². The molecule has 4 rings (SSSR count). The molecule has 148 valence electrons. The first kappa shape index (κ1) is 19.4. The van der Waals surface area contributed by atoms with Crippen LogP contribution in [0, 0.1) is 0 Å². The summed E-state index contributed by atoms with van der Waals surface area (Å²) in [5, 5.41) is 15.2. The van der Waals surface area contributed by atoms with E-state index in [1.807, 2.05) is 17.5 Å². The fraction of sp³-hybridized carbons (Fsp3) is 0.200. The zero-order chi connectivity index (χ0) is 20.5. The molecule has 9 heteroatoms. The quantitative estimate of drug-likeness (QED) is 0.538. The van der Waals surface area contributed by atoms with Gasteiger partial charge in [0.05, 0.1) is 6.42 Å². The van der Waals surface area contributed by atoms with E-state index in [1.165, 1.54) is 33.4 Å². The van der Waals surface area contributed by atoms with Gasteiger partial charge in [-0.1, -0.05) is 36.4 Å². The highest BCUT2D eigenvalue weighted by Crippen LogP contribution is 2.40. The summed E-state index contributed by atoms with van der Waals surface area (Å²) in [5.41, 5.74) is 0.402. The Morgan fingerprint density at radius 2 is 1.86 bits per heavy atom. The third-order valence-corrected chi connectivity index (χ3v) is 6.80. The summed E-state index contributed by atoms with van der Waals surface area (Å²) in [7, 11) is 0. The Bertz CT molecular complexity index is 1000. The largest absolute Gasteiger partial charge is 0.479 e. The number of carboxylic acid groups (broad SMARTS) is 1. The van der Waals surface area contributed by atoms with Crippen molar-refractivity contribution < 1.29 is 24.3 Å². The van der Waals surface area contributed by atoms with E-state index < -0.39 is 35.1 Å². The van der Waals surface area contributed by atoms with Gasteiger partial charge in [-0.15, -0.1) is 23.1 Å². The number of nitrogens with one attached hydrogen (secondary N) is 1. The second-order valence-electron chi connectivity index (χ2n) is 6.58. The molecular weight excluding hydrogens is 412 g/mol. The standard InChI is InChI=1S/C20H16N2O5S2/c23-14(9-12-7-4-8-28-12)21-15-18(25)22-16(20(26)27)13(10-29-19(15)22)17(24)11-5-2-1-3-6-11/h1-8,10,15-16,19H,9H2,(H,21,23)(H,26,27)/t15?,16?,19-/m1/s1. The second-order valence-corrected chi connectivity index (χ2v) is 8.61. The molecule has 2 aliphatic rings. The lowest BCUT2D eigenvalue weighted by molar-refractivity contribution is -0.159. The molecule has 1 saturated heterocycles. The van der Waals surface area contributed by atoms with Gasteiger partial charge in [0, 0.05) is 16.0 Å². The minimum atomic E-state index is -1.37. The number of amides is 2. The monoisotopic (exact) mass is 428 g/mol. The summed E-state index contributed by atoms with van der Waals surface area (Å²) in [6.07, 6.45) is 0.161. The van der Waals surface area contributed by atoms with Crippen LogP contribution in [0.1, 0.15) is 15.2 Å². The molecule has 0 spiro atoms. The van der Waals surface area contributed by atoms with Crippen LogP contribution in [0.25, 0.3) is 0 Å². The van der Waals surface area contributed by atoms with Crippen LogP contribution in [0.3, 0.4) is 0 Å². The highest BCUT2D eigenvalue weighted by Gasteiger charge is 2.56. The molecular formula is C20H16N2O5S2. The number of rotatable bonds is 6. The number of Topliss-reactive ketones (excluding diaryl/α,β-unsaturated/α-hetero) is 1. The maximum absolute atomic E-state index is 12.8. The maximum atomic E-state index is 12.8. The average molecular weight is 428 g/mol. The molecule has 2 amide bonds. The van der Waals surface area contributed by atoms with E-state index >= 15 is 0 Å². The molecule has 1 aromatic heterocycles. The minimum Gasteiger partial charge on any atom is -0.479 e. The maximum Gasteiger partial charge on any atom is 0.331 e. The SMILES string of the molecule is O=C(Cc1cccs1)NC1C(=O)N2C(C(=O)O)C(C(=O)c3ccccc3)=CS[C@H]12. The molecule has 2 aliphatic heterocycles. The summed E-state index contributed by atoms with van der Waals surface area (Å²) in [6.45, 7) is 0. The number of benzene rings is 1. The number of thioether (sulfide) groups is 1. The number of hydrogen-bond donors (Lipinski definition) is 2. The predicted molar refractivity (Wildman–Crippen MR) is 108 cm³/mol. The number of carbonyl (C=O) groups excluding carboxylic acids is 3. The Morgan fingerprint density at radius 1 is 1.10 bits per heavy atom. The fourth-order valence-corrected chi connectivity index (χ4v) is 5.30. The van der Waals surface area contributed by atoms with Crippen molar-refractivity contribution in [2.24, 2.45) is 0 Å². The molecule has 0 saturated carbocycles. The van der Waals surface area contributed by atoms with E-state index in [9.17, 15) is 24.3 Å². The van der Waals surface area contributed by atoms with Crippen molar-refractivity contribution in [3.8, 4) is 0 Å². The van der Waals surface area contributed by atoms with E-state index in [1.54, 1.807) is 30.3 Å². The lowest BCUT2D eigenvalue weighted by Crippen LogP contribution is -2.74. The zero-order valence-electron chi connectivity index (χ0n) is 15.0. The van der Waals surface area contributed by atoms with Crippen molar-refractivity contribution in [3.05, 3.63) is 69.3 Å². The van der Waals surface area contributed by atoms with Crippen molar-refractivity contribution in [1.82, 2.24) is 10.2 Å². The summed E-state index contributed by atoms with van der Waals surface area (Å²) < 4.78 is 0. The van der Waals surface area contributed by atoms with Crippen LogP contribution in [0.4, 0.5) is 0 Å². The Labute approximate surface area is 174 Å². The average Bonchev–Trinajstić information content (AvgIpc) is 3.23. The minimum absolute atomic E-state index is 0.0432. The van der Waals surface area contributed by atoms with Gasteiger partial charge in [0.1, 0.15) is 11.4 Å². The van der Waals surface area contributed by atoms with Crippen molar-refractivity contribution in [2.75, 3.05) is 0 Å². The van der Waals surface area contributed by atoms with Gasteiger partial charge in [-0.25, -0.2) is 4.79 Å². The summed E-state index contributed by atoms with van der Waals surface area (Å²) in [6, 6.07) is 9.84. The predicted octanol–water partition coefficient (Wildman–Crippen LogP) is 1.91. The third-order valence-electron chi connectivity index (χ3n) is 4.75. The molecule has 2 N–H and O–H groups in total. The molecule has 3 atom stereocenters. The molecule has 1 aromatic carbocycles. The van der Waals surface area contributed by atoms with Gasteiger partial charge in [-0.05, 0) is 16.9 Å². The van der Waals surface area contributed by atoms with Crippen LogP contribution in [0.5, 0.6) is 0 Å². The van der Waals surface area contributed by atoms with Gasteiger partial charge in [0.2, 0.25) is 11.8 Å². The molecule has 0 aliphatic carbocycles. The molecule has 0 bridgehead atoms. The Morgan fingerprint density at radius 3 is 2.52 bits per heavy atom. The first-order valence-electron chi connectivity index (χ1n) is 8.79. The first-order valence-corrected chi connectivity index (χ1v) is 10.6.